The average Bonchev–Trinajstić information content (AvgIpc) is 2.90. The maximum Gasteiger partial charge on any atom is 0.183 e. The number of nitrogens with zero attached hydrogens (tertiary/aromatic N) is 4. The zero-order valence-corrected chi connectivity index (χ0v) is 15.0. The molecule has 4 nitrogen and oxygen atoms in total. The quantitative estimate of drug-likeness (QED) is 0.613. The molecule has 2 aromatic heterocycles. The van der Waals surface area contributed by atoms with E-state index in [2.05, 4.69) is 22.1 Å². The van der Waals surface area contributed by atoms with Crippen LogP contribution in [0.4, 0.5) is 0 Å². The molecule has 0 radical (unpaired) electrons. The number of hydrogen-bond acceptors (Lipinski definition) is 4. The van der Waals surface area contributed by atoms with Crippen molar-refractivity contribution in [3.8, 4) is 22.9 Å². The molecule has 23 heavy (non-hydrogen) atoms. The number of thioether (sulfide) groups is 1. The van der Waals surface area contributed by atoms with Crippen LogP contribution in [-0.2, 0) is 7.05 Å². The normalized spacial score (nSPS) is 11.0. The minimum Gasteiger partial charge on any atom is -0.309 e. The fourth-order valence-corrected chi connectivity index (χ4v) is 3.53. The van der Waals surface area contributed by atoms with E-state index in [0.717, 1.165) is 21.9 Å². The maximum absolute atomic E-state index is 6.29. The molecule has 0 aliphatic carbocycles. The summed E-state index contributed by atoms with van der Waals surface area (Å²) in [6.07, 6.45) is 1.76. The van der Waals surface area contributed by atoms with E-state index >= 15 is 0 Å². The summed E-state index contributed by atoms with van der Waals surface area (Å²) in [5.74, 6) is 2.36. The molecule has 3 rings (SSSR count). The van der Waals surface area contributed by atoms with Crippen molar-refractivity contribution in [1.82, 2.24) is 19.7 Å². The highest BCUT2D eigenvalue weighted by atomic mass is 35.5. The molecule has 0 fully saturated rings. The number of hydrogen-bond donors (Lipinski definition) is 0. The monoisotopic (exact) mass is 364 g/mol. The molecule has 0 atom stereocenters. The molecule has 0 amide bonds. The first-order valence-electron chi connectivity index (χ1n) is 7.04. The van der Waals surface area contributed by atoms with Crippen LogP contribution in [0.3, 0.4) is 0 Å². The lowest BCUT2D eigenvalue weighted by atomic mass is 10.2. The van der Waals surface area contributed by atoms with Crippen LogP contribution in [0.15, 0.2) is 41.4 Å². The van der Waals surface area contributed by atoms with Gasteiger partial charge in [-0.05, 0) is 36.1 Å². The molecule has 0 unspecified atom stereocenters. The van der Waals surface area contributed by atoms with Crippen molar-refractivity contribution in [2.75, 3.05) is 5.75 Å². The molecular weight excluding hydrogens is 351 g/mol. The van der Waals surface area contributed by atoms with Crippen LogP contribution in [0.2, 0.25) is 10.0 Å². The molecule has 0 bridgehead atoms. The lowest BCUT2D eigenvalue weighted by Crippen LogP contribution is -1.99. The van der Waals surface area contributed by atoms with E-state index in [1.165, 1.54) is 0 Å². The molecule has 1 aromatic carbocycles. The van der Waals surface area contributed by atoms with Crippen molar-refractivity contribution in [3.63, 3.8) is 0 Å². The molecule has 0 spiro atoms. The first kappa shape index (κ1) is 16.3. The number of rotatable bonds is 4. The second-order valence-electron chi connectivity index (χ2n) is 4.81. The maximum atomic E-state index is 6.29. The Hall–Kier alpha value is -1.56. The third-order valence-electron chi connectivity index (χ3n) is 3.33. The highest BCUT2D eigenvalue weighted by Gasteiger charge is 2.18. The summed E-state index contributed by atoms with van der Waals surface area (Å²) in [5.41, 5.74) is 1.61. The molecule has 3 aromatic rings. The predicted molar refractivity (Wildman–Crippen MR) is 96.1 cm³/mol. The minimum absolute atomic E-state index is 0.545. The largest absolute Gasteiger partial charge is 0.309 e. The molecule has 0 saturated heterocycles. The van der Waals surface area contributed by atoms with Crippen LogP contribution in [0.5, 0.6) is 0 Å². The first-order valence-corrected chi connectivity index (χ1v) is 8.79. The zero-order chi connectivity index (χ0) is 16.4. The molecule has 0 N–H and O–H groups in total. The van der Waals surface area contributed by atoms with Gasteiger partial charge in [0.05, 0.1) is 5.02 Å². The van der Waals surface area contributed by atoms with Crippen molar-refractivity contribution >= 4 is 35.0 Å². The highest BCUT2D eigenvalue weighted by molar-refractivity contribution is 7.99. The summed E-state index contributed by atoms with van der Waals surface area (Å²) < 4.78 is 1.90. The smallest absolute Gasteiger partial charge is 0.183 e. The van der Waals surface area contributed by atoms with Crippen molar-refractivity contribution in [3.05, 3.63) is 46.6 Å². The third-order valence-corrected chi connectivity index (χ3v) is 4.81. The second kappa shape index (κ2) is 6.91. The van der Waals surface area contributed by atoms with E-state index < -0.39 is 0 Å². The van der Waals surface area contributed by atoms with Crippen molar-refractivity contribution < 1.29 is 0 Å². The van der Waals surface area contributed by atoms with E-state index in [0.29, 0.717) is 21.7 Å². The van der Waals surface area contributed by atoms with Crippen molar-refractivity contribution in [2.45, 2.75) is 11.8 Å². The topological polar surface area (TPSA) is 43.6 Å². The summed E-state index contributed by atoms with van der Waals surface area (Å²) in [5, 5.41) is 9.74. The van der Waals surface area contributed by atoms with Crippen LogP contribution in [0.1, 0.15) is 6.92 Å². The Kier molecular flexibility index (Phi) is 4.90. The highest BCUT2D eigenvalue weighted by Crippen LogP contribution is 2.33. The molecule has 7 heteroatoms. The zero-order valence-electron chi connectivity index (χ0n) is 12.6. The van der Waals surface area contributed by atoms with Crippen LogP contribution in [0, 0.1) is 0 Å². The number of pyridine rings is 1. The summed E-state index contributed by atoms with van der Waals surface area (Å²) in [4.78, 5) is 5.56. The summed E-state index contributed by atoms with van der Waals surface area (Å²) in [6, 6.07) is 9.30. The van der Waals surface area contributed by atoms with Crippen molar-refractivity contribution in [1.29, 1.82) is 0 Å². The van der Waals surface area contributed by atoms with Gasteiger partial charge in [0, 0.05) is 28.7 Å². The van der Waals surface area contributed by atoms with Gasteiger partial charge in [-0.2, -0.15) is 0 Å². The number of aromatic nitrogens is 4. The average molecular weight is 365 g/mol. The summed E-state index contributed by atoms with van der Waals surface area (Å²) in [7, 11) is 1.91. The summed E-state index contributed by atoms with van der Waals surface area (Å²) in [6.45, 7) is 2.11. The van der Waals surface area contributed by atoms with Gasteiger partial charge in [0.2, 0.25) is 0 Å². The Balaban J connectivity index is 2.10. The molecule has 118 valence electrons. The third kappa shape index (κ3) is 3.22. The summed E-state index contributed by atoms with van der Waals surface area (Å²) >= 11 is 14.0. The van der Waals surface area contributed by atoms with E-state index in [4.69, 9.17) is 23.2 Å². The van der Waals surface area contributed by atoms with Gasteiger partial charge in [0.15, 0.2) is 11.6 Å². The number of benzene rings is 1. The minimum atomic E-state index is 0.545. The van der Waals surface area contributed by atoms with Crippen LogP contribution < -0.4 is 0 Å². The second-order valence-corrected chi connectivity index (χ2v) is 6.96. The van der Waals surface area contributed by atoms with Gasteiger partial charge in [0.1, 0.15) is 5.69 Å². The Morgan fingerprint density at radius 2 is 1.91 bits per heavy atom. The Bertz CT molecular complexity index is 848. The molecule has 0 aliphatic heterocycles. The Labute approximate surface area is 148 Å². The van der Waals surface area contributed by atoms with E-state index in [9.17, 15) is 0 Å². The Morgan fingerprint density at radius 1 is 1.13 bits per heavy atom. The molecular formula is C16H14Cl2N4S. The van der Waals surface area contributed by atoms with Gasteiger partial charge in [-0.15, -0.1) is 22.0 Å². The standard InChI is InChI=1S/C16H14Cl2N4S/c1-3-23-13-5-4-8-19-14(13)16-21-20-15(22(16)2)11-7-6-10(17)9-12(11)18/h4-9H,3H2,1-2H3. The molecule has 0 saturated carbocycles. The predicted octanol–water partition coefficient (Wildman–Crippen LogP) is 4.96. The van der Waals surface area contributed by atoms with Crippen molar-refractivity contribution in [2.24, 2.45) is 7.05 Å². The van der Waals surface area contributed by atoms with Gasteiger partial charge in [-0.1, -0.05) is 30.1 Å². The SMILES string of the molecule is CCSc1cccnc1-c1nnc(-c2ccc(Cl)cc2Cl)n1C. The van der Waals surface area contributed by atoms with Gasteiger partial charge in [-0.25, -0.2) is 0 Å². The van der Waals surface area contributed by atoms with Gasteiger partial charge in [0.25, 0.3) is 0 Å². The van der Waals surface area contributed by atoms with E-state index in [1.807, 2.05) is 29.8 Å². The van der Waals surface area contributed by atoms with Gasteiger partial charge >= 0.3 is 0 Å². The Morgan fingerprint density at radius 3 is 2.65 bits per heavy atom. The van der Waals surface area contributed by atoms with Crippen LogP contribution in [0.25, 0.3) is 22.9 Å². The van der Waals surface area contributed by atoms with E-state index in [1.54, 1.807) is 30.1 Å². The van der Waals surface area contributed by atoms with Crippen LogP contribution >= 0.6 is 35.0 Å². The number of halogens is 2. The van der Waals surface area contributed by atoms with Gasteiger partial charge < -0.3 is 4.57 Å². The van der Waals surface area contributed by atoms with E-state index in [-0.39, 0.29) is 0 Å². The first-order chi connectivity index (χ1) is 11.1. The molecule has 2 heterocycles. The lowest BCUT2D eigenvalue weighted by molar-refractivity contribution is 0.918. The fourth-order valence-electron chi connectivity index (χ4n) is 2.27. The van der Waals surface area contributed by atoms with Gasteiger partial charge in [-0.3, -0.25) is 4.98 Å². The fraction of sp³-hybridized carbons (Fsp3) is 0.188. The lowest BCUT2D eigenvalue weighted by Gasteiger charge is -2.08. The molecule has 0 aliphatic rings. The van der Waals surface area contributed by atoms with Crippen LogP contribution in [-0.4, -0.2) is 25.5 Å².